The molecule has 1 heterocycles. The Balaban J connectivity index is 0.000000343. The van der Waals surface area contributed by atoms with Crippen LogP contribution < -0.4 is 11.1 Å². The number of aryl methyl sites for hydroxylation is 1. The van der Waals surface area contributed by atoms with Gasteiger partial charge in [-0.15, -0.1) is 0 Å². The van der Waals surface area contributed by atoms with Crippen molar-refractivity contribution in [1.29, 1.82) is 0 Å². The van der Waals surface area contributed by atoms with Crippen LogP contribution in [0.2, 0.25) is 0 Å². The number of carboxylic acids is 2. The van der Waals surface area contributed by atoms with Crippen LogP contribution in [0.25, 0.3) is 10.9 Å². The summed E-state index contributed by atoms with van der Waals surface area (Å²) in [7, 11) is 0. The predicted molar refractivity (Wildman–Crippen MR) is 106 cm³/mol. The van der Waals surface area contributed by atoms with Crippen molar-refractivity contribution >= 4 is 34.4 Å². The Kier molecular flexibility index (Phi) is 9.72. The normalized spacial score (nSPS) is 17.6. The number of fused-ring (bicyclic) bond motifs is 1. The maximum Gasteiger partial charge on any atom is 0.490 e. The van der Waals surface area contributed by atoms with E-state index in [-0.39, 0.29) is 17.9 Å². The summed E-state index contributed by atoms with van der Waals surface area (Å²) in [6.07, 6.45) is -7.59. The van der Waals surface area contributed by atoms with Gasteiger partial charge in [0.15, 0.2) is 0 Å². The van der Waals surface area contributed by atoms with E-state index in [0.717, 1.165) is 41.5 Å². The number of nitrogens with one attached hydrogen (secondary N) is 1. The largest absolute Gasteiger partial charge is 0.490 e. The Morgan fingerprint density at radius 3 is 1.97 bits per heavy atom. The van der Waals surface area contributed by atoms with Crippen LogP contribution in [0.5, 0.6) is 0 Å². The van der Waals surface area contributed by atoms with Gasteiger partial charge in [-0.1, -0.05) is 6.07 Å². The van der Waals surface area contributed by atoms with Crippen LogP contribution in [0.15, 0.2) is 24.3 Å². The third kappa shape index (κ3) is 9.17. The zero-order valence-electron chi connectivity index (χ0n) is 17.4. The molecule has 1 aromatic heterocycles. The summed E-state index contributed by atoms with van der Waals surface area (Å²) in [4.78, 5) is 30.1. The van der Waals surface area contributed by atoms with E-state index in [2.05, 4.69) is 15.5 Å². The number of carboxylic acid groups (broad SMARTS) is 2. The topological polar surface area (TPSA) is 156 Å². The zero-order chi connectivity index (χ0) is 26.3. The molecule has 9 nitrogen and oxygen atoms in total. The molecule has 0 saturated heterocycles. The minimum absolute atomic E-state index is 0.0242. The first kappa shape index (κ1) is 28.5. The number of alkyl halides is 6. The summed E-state index contributed by atoms with van der Waals surface area (Å²) < 4.78 is 63.5. The number of hydrogen-bond acceptors (Lipinski definition) is 6. The third-order valence-corrected chi connectivity index (χ3v) is 4.34. The Bertz CT molecular complexity index is 1000. The molecule has 34 heavy (non-hydrogen) atoms. The molecular formula is C19H20F6N4O5. The molecule has 1 fully saturated rings. The summed E-state index contributed by atoms with van der Waals surface area (Å²) in [5, 5.41) is 26.4. The minimum Gasteiger partial charge on any atom is -0.475 e. The van der Waals surface area contributed by atoms with Gasteiger partial charge in [0.1, 0.15) is 0 Å². The second kappa shape index (κ2) is 11.6. The van der Waals surface area contributed by atoms with E-state index in [0.29, 0.717) is 0 Å². The number of nitrogens with two attached hydrogens (primary N) is 1. The average molecular weight is 498 g/mol. The van der Waals surface area contributed by atoms with E-state index < -0.39 is 24.3 Å². The van der Waals surface area contributed by atoms with Crippen LogP contribution in [0.4, 0.5) is 32.0 Å². The Morgan fingerprint density at radius 2 is 1.53 bits per heavy atom. The Hall–Kier alpha value is -3.49. The van der Waals surface area contributed by atoms with E-state index in [9.17, 15) is 31.1 Å². The molecule has 1 aromatic carbocycles. The van der Waals surface area contributed by atoms with Crippen molar-refractivity contribution in [2.24, 2.45) is 11.7 Å². The van der Waals surface area contributed by atoms with Crippen LogP contribution in [-0.2, 0) is 14.4 Å². The molecule has 0 bridgehead atoms. The molecular weight excluding hydrogens is 478 g/mol. The number of rotatable bonds is 2. The molecule has 2 aromatic rings. The van der Waals surface area contributed by atoms with Gasteiger partial charge in [0, 0.05) is 17.3 Å². The van der Waals surface area contributed by atoms with Crippen LogP contribution in [0.3, 0.4) is 0 Å². The zero-order valence-corrected chi connectivity index (χ0v) is 17.4. The first-order chi connectivity index (χ1) is 15.5. The quantitative estimate of drug-likeness (QED) is 0.460. The van der Waals surface area contributed by atoms with Gasteiger partial charge in [-0.25, -0.2) is 9.59 Å². The second-order valence-electron chi connectivity index (χ2n) is 7.09. The molecule has 0 unspecified atom stereocenters. The van der Waals surface area contributed by atoms with Gasteiger partial charge >= 0.3 is 24.3 Å². The maximum absolute atomic E-state index is 12.3. The molecule has 1 saturated carbocycles. The van der Waals surface area contributed by atoms with Gasteiger partial charge in [-0.3, -0.25) is 4.79 Å². The first-order valence-electron chi connectivity index (χ1n) is 9.42. The smallest absolute Gasteiger partial charge is 0.475 e. The SMILES string of the molecule is Cc1cc2c(NC(=O)[C@@H]3CC[C@@H](N)C3)cccc2nn1.O=C(O)C(F)(F)F.O=C(O)C(F)(F)F. The van der Waals surface area contributed by atoms with Gasteiger partial charge in [0.2, 0.25) is 5.91 Å². The Labute approximate surface area is 187 Å². The van der Waals surface area contributed by atoms with E-state index >= 15 is 0 Å². The number of carbonyl (C=O) groups excluding carboxylic acids is 1. The standard InChI is InChI=1S/C15H18N4O.2C2HF3O2/c1-9-7-12-13(3-2-4-14(12)19-18-9)17-15(20)10-5-6-11(16)8-10;2*3-2(4,5)1(6)7/h2-4,7,10-11H,5-6,8,16H2,1H3,(H,17,20);2*(H,6,7)/t10-,11-;;/m1../s1. The lowest BCUT2D eigenvalue weighted by molar-refractivity contribution is -0.193. The van der Waals surface area contributed by atoms with Crippen LogP contribution in [0.1, 0.15) is 25.0 Å². The van der Waals surface area contributed by atoms with Crippen molar-refractivity contribution in [1.82, 2.24) is 10.2 Å². The molecule has 5 N–H and O–H groups in total. The lowest BCUT2D eigenvalue weighted by Gasteiger charge is -2.12. The number of amides is 1. The van der Waals surface area contributed by atoms with Gasteiger partial charge in [-0.2, -0.15) is 36.5 Å². The van der Waals surface area contributed by atoms with E-state index in [4.69, 9.17) is 25.5 Å². The number of aliphatic carboxylic acids is 2. The van der Waals surface area contributed by atoms with Gasteiger partial charge in [0.25, 0.3) is 0 Å². The van der Waals surface area contributed by atoms with Crippen LogP contribution in [-0.4, -0.2) is 56.7 Å². The van der Waals surface area contributed by atoms with Crippen molar-refractivity contribution in [2.75, 3.05) is 5.32 Å². The van der Waals surface area contributed by atoms with E-state index in [1.165, 1.54) is 0 Å². The van der Waals surface area contributed by atoms with Crippen molar-refractivity contribution in [3.05, 3.63) is 30.0 Å². The fourth-order valence-electron chi connectivity index (χ4n) is 2.76. The Morgan fingerprint density at radius 1 is 1.00 bits per heavy atom. The van der Waals surface area contributed by atoms with Gasteiger partial charge < -0.3 is 21.3 Å². The first-order valence-corrected chi connectivity index (χ1v) is 9.42. The number of hydrogen-bond donors (Lipinski definition) is 4. The number of aromatic nitrogens is 2. The van der Waals surface area contributed by atoms with E-state index in [1.807, 2.05) is 31.2 Å². The summed E-state index contributed by atoms with van der Waals surface area (Å²) in [6.45, 7) is 1.89. The van der Waals surface area contributed by atoms with Gasteiger partial charge in [0.05, 0.1) is 16.9 Å². The second-order valence-corrected chi connectivity index (χ2v) is 7.09. The molecule has 3 rings (SSSR count). The van der Waals surface area contributed by atoms with Gasteiger partial charge in [-0.05, 0) is 44.4 Å². The van der Waals surface area contributed by atoms with Crippen molar-refractivity contribution < 1.29 is 50.9 Å². The summed E-state index contributed by atoms with van der Waals surface area (Å²) in [5.41, 5.74) is 8.29. The lowest BCUT2D eigenvalue weighted by atomic mass is 10.1. The molecule has 1 aliphatic rings. The number of benzene rings is 1. The predicted octanol–water partition coefficient (Wildman–Crippen LogP) is 3.27. The highest BCUT2D eigenvalue weighted by atomic mass is 19.4. The fourth-order valence-corrected chi connectivity index (χ4v) is 2.76. The highest BCUT2D eigenvalue weighted by molar-refractivity contribution is 6.01. The van der Waals surface area contributed by atoms with Crippen molar-refractivity contribution in [3.63, 3.8) is 0 Å². The number of anilines is 1. The summed E-state index contributed by atoms with van der Waals surface area (Å²) in [5.74, 6) is -5.43. The van der Waals surface area contributed by atoms with Crippen LogP contribution in [0, 0.1) is 12.8 Å². The van der Waals surface area contributed by atoms with E-state index in [1.54, 1.807) is 0 Å². The molecule has 0 aliphatic heterocycles. The molecule has 1 aliphatic carbocycles. The number of halogens is 6. The van der Waals surface area contributed by atoms with Crippen molar-refractivity contribution in [3.8, 4) is 0 Å². The minimum atomic E-state index is -5.08. The highest BCUT2D eigenvalue weighted by Crippen LogP contribution is 2.27. The fraction of sp³-hybridized carbons (Fsp3) is 0.421. The lowest BCUT2D eigenvalue weighted by Crippen LogP contribution is -2.23. The molecule has 188 valence electrons. The highest BCUT2D eigenvalue weighted by Gasteiger charge is 2.38. The third-order valence-electron chi connectivity index (χ3n) is 4.34. The monoisotopic (exact) mass is 498 g/mol. The molecule has 0 radical (unpaired) electrons. The maximum atomic E-state index is 12.3. The number of nitrogens with zero attached hydrogens (tertiary/aromatic N) is 2. The van der Waals surface area contributed by atoms with Crippen molar-refractivity contribution in [2.45, 2.75) is 44.6 Å². The number of carbonyl (C=O) groups is 3. The molecule has 2 atom stereocenters. The summed E-state index contributed by atoms with van der Waals surface area (Å²) in [6, 6.07) is 7.77. The summed E-state index contributed by atoms with van der Waals surface area (Å²) >= 11 is 0. The molecule has 1 amide bonds. The average Bonchev–Trinajstić information content (AvgIpc) is 3.14. The molecule has 0 spiro atoms. The van der Waals surface area contributed by atoms with Crippen LogP contribution >= 0.6 is 0 Å². The molecule has 15 heteroatoms.